The molecule has 1 rings (SSSR count). The van der Waals surface area contributed by atoms with Crippen LogP contribution in [0.25, 0.3) is 0 Å². The van der Waals surface area contributed by atoms with E-state index in [1.165, 1.54) is 7.11 Å². The van der Waals surface area contributed by atoms with E-state index in [-0.39, 0.29) is 6.61 Å². The van der Waals surface area contributed by atoms with Crippen LogP contribution in [0.4, 0.5) is 0 Å². The van der Waals surface area contributed by atoms with Gasteiger partial charge in [-0.25, -0.2) is 4.79 Å². The highest BCUT2D eigenvalue weighted by molar-refractivity contribution is 5.87. The Balaban J connectivity index is 2.28. The fourth-order valence-corrected chi connectivity index (χ4v) is 1.07. The van der Waals surface area contributed by atoms with Crippen molar-refractivity contribution in [2.75, 3.05) is 13.7 Å². The Labute approximate surface area is 89.3 Å². The van der Waals surface area contributed by atoms with E-state index >= 15 is 0 Å². The Morgan fingerprint density at radius 3 is 2.60 bits per heavy atom. The Kier molecular flexibility index (Phi) is 4.57. The second-order valence-electron chi connectivity index (χ2n) is 3.07. The molecule has 0 atom stereocenters. The van der Waals surface area contributed by atoms with Crippen LogP contribution in [0.2, 0.25) is 0 Å². The lowest BCUT2D eigenvalue weighted by Crippen LogP contribution is -2.09. The summed E-state index contributed by atoms with van der Waals surface area (Å²) in [6.07, 6.45) is 0. The molecule has 0 aromatic heterocycles. The first kappa shape index (κ1) is 11.5. The molecule has 0 fully saturated rings. The highest BCUT2D eigenvalue weighted by Gasteiger charge is 2.05. The molecule has 0 amide bonds. The van der Waals surface area contributed by atoms with Crippen LogP contribution in [0.15, 0.2) is 42.5 Å². The zero-order chi connectivity index (χ0) is 11.1. The monoisotopic (exact) mass is 206 g/mol. The minimum atomic E-state index is -0.428. The largest absolute Gasteiger partial charge is 0.466 e. The number of rotatable bonds is 5. The highest BCUT2D eigenvalue weighted by atomic mass is 16.5. The minimum Gasteiger partial charge on any atom is -0.466 e. The first-order valence-corrected chi connectivity index (χ1v) is 4.62. The van der Waals surface area contributed by atoms with E-state index in [4.69, 9.17) is 4.74 Å². The lowest BCUT2D eigenvalue weighted by molar-refractivity contribution is -0.136. The molecule has 0 aliphatic heterocycles. The number of hydrogen-bond acceptors (Lipinski definition) is 3. The Morgan fingerprint density at radius 2 is 2.00 bits per heavy atom. The van der Waals surface area contributed by atoms with Crippen molar-refractivity contribution in [3.05, 3.63) is 48.0 Å². The van der Waals surface area contributed by atoms with Crippen LogP contribution in [0.3, 0.4) is 0 Å². The number of benzene rings is 1. The summed E-state index contributed by atoms with van der Waals surface area (Å²) in [4.78, 5) is 11.0. The molecule has 1 aromatic rings. The van der Waals surface area contributed by atoms with Gasteiger partial charge in [0.2, 0.25) is 0 Å². The number of methoxy groups -OCH3 is 1. The van der Waals surface area contributed by atoms with Crippen molar-refractivity contribution in [1.29, 1.82) is 0 Å². The molecule has 0 spiro atoms. The standard InChI is InChI=1S/C12H14O3/c1-10(12(13)14-2)8-15-9-11-6-4-3-5-7-11/h3-7H,1,8-9H2,2H3. The van der Waals surface area contributed by atoms with Gasteiger partial charge in [0.1, 0.15) is 0 Å². The first-order chi connectivity index (χ1) is 7.24. The van der Waals surface area contributed by atoms with Crippen LogP contribution in [-0.2, 0) is 20.9 Å². The summed E-state index contributed by atoms with van der Waals surface area (Å²) in [5.74, 6) is -0.428. The van der Waals surface area contributed by atoms with E-state index in [9.17, 15) is 4.79 Å². The van der Waals surface area contributed by atoms with Gasteiger partial charge in [-0.2, -0.15) is 0 Å². The molecule has 0 saturated heterocycles. The average Bonchev–Trinajstić information content (AvgIpc) is 2.29. The van der Waals surface area contributed by atoms with Crippen molar-refractivity contribution >= 4 is 5.97 Å². The lowest BCUT2D eigenvalue weighted by Gasteiger charge is -2.05. The summed E-state index contributed by atoms with van der Waals surface area (Å²) in [7, 11) is 1.32. The third-order valence-electron chi connectivity index (χ3n) is 1.86. The van der Waals surface area contributed by atoms with Crippen LogP contribution in [0, 0.1) is 0 Å². The molecular formula is C12H14O3. The zero-order valence-corrected chi connectivity index (χ0v) is 8.73. The van der Waals surface area contributed by atoms with Gasteiger partial charge in [0.15, 0.2) is 0 Å². The van der Waals surface area contributed by atoms with Gasteiger partial charge in [0, 0.05) is 0 Å². The predicted molar refractivity (Wildman–Crippen MR) is 57.3 cm³/mol. The van der Waals surface area contributed by atoms with Crippen molar-refractivity contribution < 1.29 is 14.3 Å². The maximum atomic E-state index is 11.0. The Morgan fingerprint density at radius 1 is 1.33 bits per heavy atom. The summed E-state index contributed by atoms with van der Waals surface area (Å²) in [5.41, 5.74) is 1.39. The number of esters is 1. The van der Waals surface area contributed by atoms with E-state index in [0.717, 1.165) is 5.56 Å². The Bertz CT molecular complexity index is 330. The highest BCUT2D eigenvalue weighted by Crippen LogP contribution is 2.02. The molecule has 0 unspecified atom stereocenters. The molecule has 0 N–H and O–H groups in total. The molecular weight excluding hydrogens is 192 g/mol. The van der Waals surface area contributed by atoms with Gasteiger partial charge in [0.25, 0.3) is 0 Å². The maximum absolute atomic E-state index is 11.0. The minimum absolute atomic E-state index is 0.196. The van der Waals surface area contributed by atoms with Crippen LogP contribution in [0.5, 0.6) is 0 Å². The summed E-state index contributed by atoms with van der Waals surface area (Å²) in [6.45, 7) is 4.22. The number of carbonyl (C=O) groups is 1. The van der Waals surface area contributed by atoms with Gasteiger partial charge >= 0.3 is 5.97 Å². The van der Waals surface area contributed by atoms with Crippen LogP contribution >= 0.6 is 0 Å². The third-order valence-corrected chi connectivity index (χ3v) is 1.86. The molecule has 3 heteroatoms. The molecule has 3 nitrogen and oxygen atoms in total. The van der Waals surface area contributed by atoms with Gasteiger partial charge in [0.05, 0.1) is 25.9 Å². The normalized spacial score (nSPS) is 9.67. The maximum Gasteiger partial charge on any atom is 0.335 e. The van der Waals surface area contributed by atoms with Crippen LogP contribution < -0.4 is 0 Å². The third kappa shape index (κ3) is 3.95. The van der Waals surface area contributed by atoms with E-state index in [2.05, 4.69) is 11.3 Å². The average molecular weight is 206 g/mol. The van der Waals surface area contributed by atoms with Crippen molar-refractivity contribution in [1.82, 2.24) is 0 Å². The van der Waals surface area contributed by atoms with Crippen LogP contribution in [0.1, 0.15) is 5.56 Å². The van der Waals surface area contributed by atoms with Gasteiger partial charge in [-0.3, -0.25) is 0 Å². The first-order valence-electron chi connectivity index (χ1n) is 4.62. The summed E-state index contributed by atoms with van der Waals surface area (Å²) in [5, 5.41) is 0. The summed E-state index contributed by atoms with van der Waals surface area (Å²) >= 11 is 0. The van der Waals surface area contributed by atoms with Gasteiger partial charge < -0.3 is 9.47 Å². The van der Waals surface area contributed by atoms with E-state index in [1.54, 1.807) is 0 Å². The van der Waals surface area contributed by atoms with E-state index < -0.39 is 5.97 Å². The predicted octanol–water partition coefficient (Wildman–Crippen LogP) is 1.93. The fourth-order valence-electron chi connectivity index (χ4n) is 1.07. The van der Waals surface area contributed by atoms with Crippen molar-refractivity contribution in [2.45, 2.75) is 6.61 Å². The number of ether oxygens (including phenoxy) is 2. The van der Waals surface area contributed by atoms with E-state index in [0.29, 0.717) is 12.2 Å². The molecule has 0 aliphatic carbocycles. The molecule has 0 heterocycles. The zero-order valence-electron chi connectivity index (χ0n) is 8.73. The quantitative estimate of drug-likeness (QED) is 0.545. The molecule has 1 aromatic carbocycles. The molecule has 0 saturated carbocycles. The van der Waals surface area contributed by atoms with Crippen LogP contribution in [-0.4, -0.2) is 19.7 Å². The molecule has 80 valence electrons. The molecule has 0 aliphatic rings. The molecule has 0 radical (unpaired) electrons. The smallest absolute Gasteiger partial charge is 0.335 e. The molecule has 0 bridgehead atoms. The van der Waals surface area contributed by atoms with E-state index in [1.807, 2.05) is 30.3 Å². The topological polar surface area (TPSA) is 35.5 Å². The fraction of sp³-hybridized carbons (Fsp3) is 0.250. The summed E-state index contributed by atoms with van der Waals surface area (Å²) in [6, 6.07) is 9.74. The Hall–Kier alpha value is -1.61. The van der Waals surface area contributed by atoms with Gasteiger partial charge in [-0.05, 0) is 5.56 Å². The van der Waals surface area contributed by atoms with Crippen molar-refractivity contribution in [3.8, 4) is 0 Å². The number of carbonyl (C=O) groups excluding carboxylic acids is 1. The van der Waals surface area contributed by atoms with Gasteiger partial charge in [-0.15, -0.1) is 0 Å². The second kappa shape index (κ2) is 5.98. The van der Waals surface area contributed by atoms with Crippen molar-refractivity contribution in [2.24, 2.45) is 0 Å². The second-order valence-corrected chi connectivity index (χ2v) is 3.07. The summed E-state index contributed by atoms with van der Waals surface area (Å²) < 4.78 is 9.80. The van der Waals surface area contributed by atoms with Crippen molar-refractivity contribution in [3.63, 3.8) is 0 Å². The number of hydrogen-bond donors (Lipinski definition) is 0. The SMILES string of the molecule is C=C(COCc1ccccc1)C(=O)OC. The lowest BCUT2D eigenvalue weighted by atomic mass is 10.2. The molecule has 15 heavy (non-hydrogen) atoms. The van der Waals surface area contributed by atoms with Gasteiger partial charge in [-0.1, -0.05) is 36.9 Å².